The normalized spacial score (nSPS) is 29.2. The van der Waals surface area contributed by atoms with Crippen molar-refractivity contribution in [3.05, 3.63) is 35.9 Å². The summed E-state index contributed by atoms with van der Waals surface area (Å²) in [5.74, 6) is -2.41. The summed E-state index contributed by atoms with van der Waals surface area (Å²) in [4.78, 5) is 24.1. The van der Waals surface area contributed by atoms with Gasteiger partial charge in [-0.2, -0.15) is 0 Å². The van der Waals surface area contributed by atoms with Gasteiger partial charge in [-0.25, -0.2) is 0 Å². The predicted octanol–water partition coefficient (Wildman–Crippen LogP) is 1.38. The second-order valence-corrected chi connectivity index (χ2v) is 11.0. The van der Waals surface area contributed by atoms with E-state index in [2.05, 4.69) is 5.32 Å². The summed E-state index contributed by atoms with van der Waals surface area (Å²) < 4.78 is 46.8. The monoisotopic (exact) mass is 566 g/mol. The standard InChI is InChI=1S/C28H42N2O10/c1-27(2)36-17-20(38-27)22-23(24-26(37-22)40-28(3,4)39-24)34-13-8-12-33-14-11-30-25(32)19(29)15-21(31)35-16-18-9-6-5-7-10-18/h5-7,9-10,19-20,22-24,26H,8,11-17,29H2,1-4H3,(H,30,32)/t19?,20?,22-,23-,24?,26-/m1/s1. The summed E-state index contributed by atoms with van der Waals surface area (Å²) in [6.45, 7) is 9.36. The molecule has 1 amide bonds. The van der Waals surface area contributed by atoms with Gasteiger partial charge in [0.1, 0.15) is 31.0 Å². The molecule has 0 radical (unpaired) electrons. The molecule has 12 heteroatoms. The Morgan fingerprint density at radius 1 is 1.02 bits per heavy atom. The lowest BCUT2D eigenvalue weighted by Crippen LogP contribution is -2.44. The van der Waals surface area contributed by atoms with Crippen LogP contribution < -0.4 is 11.1 Å². The molecule has 3 aliphatic heterocycles. The minimum absolute atomic E-state index is 0.140. The average Bonchev–Trinajstić information content (AvgIpc) is 3.53. The van der Waals surface area contributed by atoms with Gasteiger partial charge in [0.05, 0.1) is 25.7 Å². The van der Waals surface area contributed by atoms with Crippen LogP contribution in [0.4, 0.5) is 0 Å². The highest BCUT2D eigenvalue weighted by Gasteiger charge is 2.58. The van der Waals surface area contributed by atoms with E-state index in [0.29, 0.717) is 32.8 Å². The molecule has 3 N–H and O–H groups in total. The van der Waals surface area contributed by atoms with Crippen LogP contribution in [0, 0.1) is 0 Å². The van der Waals surface area contributed by atoms with Crippen molar-refractivity contribution in [1.82, 2.24) is 5.32 Å². The quantitative estimate of drug-likeness (QED) is 0.249. The summed E-state index contributed by atoms with van der Waals surface area (Å²) >= 11 is 0. The molecule has 1 aromatic rings. The SMILES string of the molecule is CC1(C)OCC([C@H]2O[C@@H]3OC(C)(C)OC3[C@@H]2OCCCOCCNC(=O)C(N)CC(=O)OCc2ccccc2)O1. The topological polar surface area (TPSA) is 146 Å². The first-order valence-corrected chi connectivity index (χ1v) is 13.8. The molecule has 3 aliphatic rings. The van der Waals surface area contributed by atoms with Crippen molar-refractivity contribution in [1.29, 1.82) is 0 Å². The summed E-state index contributed by atoms with van der Waals surface area (Å²) in [6.07, 6.45) is -1.54. The van der Waals surface area contributed by atoms with Gasteiger partial charge in [0.2, 0.25) is 5.91 Å². The van der Waals surface area contributed by atoms with Crippen LogP contribution in [0.15, 0.2) is 30.3 Å². The fraction of sp³-hybridized carbons (Fsp3) is 0.714. The smallest absolute Gasteiger partial charge is 0.308 e. The second kappa shape index (κ2) is 13.7. The Balaban J connectivity index is 1.08. The van der Waals surface area contributed by atoms with E-state index in [0.717, 1.165) is 5.56 Å². The minimum atomic E-state index is -0.992. The molecule has 0 bridgehead atoms. The van der Waals surface area contributed by atoms with Crippen LogP contribution in [0.3, 0.4) is 0 Å². The lowest BCUT2D eigenvalue weighted by atomic mass is 10.1. The maximum atomic E-state index is 12.2. The molecular weight excluding hydrogens is 524 g/mol. The number of ether oxygens (including phenoxy) is 8. The molecule has 12 nitrogen and oxygen atoms in total. The van der Waals surface area contributed by atoms with Crippen LogP contribution in [-0.2, 0) is 54.1 Å². The Labute approximate surface area is 235 Å². The van der Waals surface area contributed by atoms with Crippen molar-refractivity contribution < 1.29 is 47.5 Å². The van der Waals surface area contributed by atoms with Crippen LogP contribution in [-0.4, -0.2) is 93.2 Å². The van der Waals surface area contributed by atoms with E-state index in [1.807, 2.05) is 58.0 Å². The molecule has 1 aromatic carbocycles. The van der Waals surface area contributed by atoms with Crippen LogP contribution in [0.2, 0.25) is 0 Å². The maximum absolute atomic E-state index is 12.2. The Morgan fingerprint density at radius 2 is 1.80 bits per heavy atom. The van der Waals surface area contributed by atoms with E-state index in [1.165, 1.54) is 0 Å². The number of hydrogen-bond acceptors (Lipinski definition) is 11. The van der Waals surface area contributed by atoms with E-state index in [1.54, 1.807) is 0 Å². The summed E-state index contributed by atoms with van der Waals surface area (Å²) in [5.41, 5.74) is 6.70. The molecule has 0 spiro atoms. The fourth-order valence-electron chi connectivity index (χ4n) is 4.80. The first-order valence-electron chi connectivity index (χ1n) is 13.8. The van der Waals surface area contributed by atoms with E-state index < -0.39 is 35.8 Å². The highest BCUT2D eigenvalue weighted by Crippen LogP contribution is 2.41. The maximum Gasteiger partial charge on any atom is 0.308 e. The average molecular weight is 567 g/mol. The molecule has 40 heavy (non-hydrogen) atoms. The molecule has 4 rings (SSSR count). The van der Waals surface area contributed by atoms with Crippen molar-refractivity contribution in [3.8, 4) is 0 Å². The number of amides is 1. The number of rotatable bonds is 14. The molecule has 3 unspecified atom stereocenters. The Bertz CT molecular complexity index is 975. The van der Waals surface area contributed by atoms with Gasteiger partial charge in [0.25, 0.3) is 0 Å². The highest BCUT2D eigenvalue weighted by molar-refractivity contribution is 5.86. The molecule has 0 aliphatic carbocycles. The van der Waals surface area contributed by atoms with Crippen LogP contribution >= 0.6 is 0 Å². The van der Waals surface area contributed by atoms with Crippen LogP contribution in [0.5, 0.6) is 0 Å². The third-order valence-corrected chi connectivity index (χ3v) is 6.68. The largest absolute Gasteiger partial charge is 0.461 e. The van der Waals surface area contributed by atoms with Crippen molar-refractivity contribution in [2.75, 3.05) is 33.0 Å². The number of benzene rings is 1. The number of hydrogen-bond donors (Lipinski definition) is 2. The van der Waals surface area contributed by atoms with Crippen molar-refractivity contribution in [2.45, 2.75) is 95.5 Å². The number of carbonyl (C=O) groups is 2. The number of fused-ring (bicyclic) bond motifs is 1. The van der Waals surface area contributed by atoms with Crippen molar-refractivity contribution in [3.63, 3.8) is 0 Å². The van der Waals surface area contributed by atoms with Gasteiger partial charge in [-0.3, -0.25) is 9.59 Å². The van der Waals surface area contributed by atoms with Gasteiger partial charge in [-0.1, -0.05) is 30.3 Å². The molecular formula is C28H42N2O10. The molecule has 3 heterocycles. The second-order valence-electron chi connectivity index (χ2n) is 11.0. The van der Waals surface area contributed by atoms with Gasteiger partial charge in [0.15, 0.2) is 17.9 Å². The summed E-state index contributed by atoms with van der Waals surface area (Å²) in [5, 5.41) is 2.67. The number of carbonyl (C=O) groups excluding carboxylic acids is 2. The molecule has 6 atom stereocenters. The third-order valence-electron chi connectivity index (χ3n) is 6.68. The summed E-state index contributed by atoms with van der Waals surface area (Å²) in [6, 6.07) is 8.30. The zero-order valence-corrected chi connectivity index (χ0v) is 23.7. The van der Waals surface area contributed by atoms with E-state index in [4.69, 9.17) is 43.6 Å². The highest BCUT2D eigenvalue weighted by atomic mass is 16.8. The zero-order chi connectivity index (χ0) is 28.8. The third kappa shape index (κ3) is 8.67. The van der Waals surface area contributed by atoms with Gasteiger partial charge in [-0.05, 0) is 39.7 Å². The molecule has 3 fully saturated rings. The Kier molecular flexibility index (Phi) is 10.5. The lowest BCUT2D eigenvalue weighted by Gasteiger charge is -2.29. The van der Waals surface area contributed by atoms with Crippen LogP contribution in [0.25, 0.3) is 0 Å². The van der Waals surface area contributed by atoms with Crippen molar-refractivity contribution >= 4 is 11.9 Å². The van der Waals surface area contributed by atoms with E-state index in [-0.39, 0.29) is 44.0 Å². The molecule has 0 saturated carbocycles. The minimum Gasteiger partial charge on any atom is -0.461 e. The van der Waals surface area contributed by atoms with Crippen molar-refractivity contribution in [2.24, 2.45) is 5.73 Å². The first kappa shape index (κ1) is 30.8. The summed E-state index contributed by atoms with van der Waals surface area (Å²) in [7, 11) is 0. The zero-order valence-electron chi connectivity index (χ0n) is 23.7. The Hall–Kier alpha value is -2.16. The molecule has 0 aromatic heterocycles. The Morgan fingerprint density at radius 3 is 2.52 bits per heavy atom. The van der Waals surface area contributed by atoms with Gasteiger partial charge >= 0.3 is 5.97 Å². The van der Waals surface area contributed by atoms with Gasteiger partial charge in [-0.15, -0.1) is 0 Å². The predicted molar refractivity (Wildman–Crippen MR) is 141 cm³/mol. The molecule has 3 saturated heterocycles. The molecule has 224 valence electrons. The number of nitrogens with two attached hydrogens (primary N) is 1. The van der Waals surface area contributed by atoms with E-state index >= 15 is 0 Å². The fourth-order valence-corrected chi connectivity index (χ4v) is 4.80. The van der Waals surface area contributed by atoms with E-state index in [9.17, 15) is 9.59 Å². The van der Waals surface area contributed by atoms with Crippen LogP contribution in [0.1, 0.15) is 46.1 Å². The first-order chi connectivity index (χ1) is 19.0. The van der Waals surface area contributed by atoms with Gasteiger partial charge < -0.3 is 48.9 Å². The van der Waals surface area contributed by atoms with Gasteiger partial charge in [0, 0.05) is 19.8 Å². The number of esters is 1. The lowest BCUT2D eigenvalue weighted by molar-refractivity contribution is -0.236. The number of nitrogens with one attached hydrogen (secondary N) is 1.